The Bertz CT molecular complexity index is 1060. The van der Waals surface area contributed by atoms with Crippen molar-refractivity contribution < 1.29 is 14.3 Å². The van der Waals surface area contributed by atoms with Gasteiger partial charge in [0.1, 0.15) is 11.4 Å². The Morgan fingerprint density at radius 1 is 0.857 bits per heavy atom. The molecular weight excluding hydrogens is 350 g/mol. The van der Waals surface area contributed by atoms with Crippen LogP contribution in [0.15, 0.2) is 42.1 Å². The summed E-state index contributed by atoms with van der Waals surface area (Å²) in [5.41, 5.74) is 4.40. The molecule has 0 radical (unpaired) electrons. The van der Waals surface area contributed by atoms with Crippen molar-refractivity contribution in [3.63, 3.8) is 0 Å². The Labute approximate surface area is 165 Å². The number of Topliss-reactive ketones (excluding diaryl/α,β-unsaturated/α-hetero) is 1. The summed E-state index contributed by atoms with van der Waals surface area (Å²) in [5.74, 6) is -0.0809. The molecule has 0 aliphatic carbocycles. The first-order valence-corrected chi connectivity index (χ1v) is 9.55. The summed E-state index contributed by atoms with van der Waals surface area (Å²) in [4.78, 5) is 25.9. The number of carbonyl (C=O) groups is 2. The SMILES string of the molecule is CC(C)(C)c1cc2c(c(C(C)(C)C)c1)OC(=O)C2=C1Nc2ccccc2C1=O. The lowest BCUT2D eigenvalue weighted by Gasteiger charge is -2.26. The third kappa shape index (κ3) is 2.75. The molecule has 2 aliphatic heterocycles. The molecule has 4 rings (SSSR count). The van der Waals surface area contributed by atoms with Gasteiger partial charge in [-0.1, -0.05) is 59.7 Å². The number of ether oxygens (including phenoxy) is 1. The number of para-hydroxylation sites is 1. The lowest BCUT2D eigenvalue weighted by molar-refractivity contribution is -0.127. The molecule has 0 saturated carbocycles. The van der Waals surface area contributed by atoms with Crippen molar-refractivity contribution in [1.29, 1.82) is 0 Å². The molecule has 2 aromatic carbocycles. The first kappa shape index (κ1) is 18.5. The average Bonchev–Trinajstić information content (AvgIpc) is 3.08. The summed E-state index contributed by atoms with van der Waals surface area (Å²) in [6.45, 7) is 12.7. The standard InChI is InChI=1S/C24H25NO3/c1-23(2,3)13-11-15-18(19-20(26)14-9-7-8-10-17(14)25-19)22(27)28-21(15)16(12-13)24(4,5)6/h7-12,25H,1-6H3. The second-order valence-electron chi connectivity index (χ2n) is 9.54. The summed E-state index contributed by atoms with van der Waals surface area (Å²) in [6.07, 6.45) is 0. The van der Waals surface area contributed by atoms with E-state index in [9.17, 15) is 9.59 Å². The van der Waals surface area contributed by atoms with E-state index in [0.717, 1.165) is 16.8 Å². The van der Waals surface area contributed by atoms with Gasteiger partial charge in [0.15, 0.2) is 0 Å². The van der Waals surface area contributed by atoms with Crippen molar-refractivity contribution >= 4 is 23.0 Å². The number of esters is 1. The number of hydrogen-bond donors (Lipinski definition) is 1. The summed E-state index contributed by atoms with van der Waals surface area (Å²) in [6, 6.07) is 11.4. The number of nitrogens with one attached hydrogen (secondary N) is 1. The maximum Gasteiger partial charge on any atom is 0.346 e. The zero-order chi connectivity index (χ0) is 20.4. The van der Waals surface area contributed by atoms with Gasteiger partial charge in [0.2, 0.25) is 5.78 Å². The molecule has 4 nitrogen and oxygen atoms in total. The highest BCUT2D eigenvalue weighted by Gasteiger charge is 2.40. The molecule has 2 aromatic rings. The fourth-order valence-electron chi connectivity index (χ4n) is 3.70. The molecule has 144 valence electrons. The Kier molecular flexibility index (Phi) is 3.83. The maximum absolute atomic E-state index is 13.0. The normalized spacial score (nSPS) is 18.6. The molecule has 28 heavy (non-hydrogen) atoms. The smallest absolute Gasteiger partial charge is 0.346 e. The Morgan fingerprint density at radius 3 is 2.14 bits per heavy atom. The number of benzene rings is 2. The van der Waals surface area contributed by atoms with Crippen LogP contribution in [0.2, 0.25) is 0 Å². The van der Waals surface area contributed by atoms with Crippen molar-refractivity contribution in [1.82, 2.24) is 0 Å². The number of fused-ring (bicyclic) bond motifs is 2. The van der Waals surface area contributed by atoms with Crippen molar-refractivity contribution in [3.8, 4) is 5.75 Å². The second kappa shape index (κ2) is 5.81. The number of hydrogen-bond acceptors (Lipinski definition) is 4. The number of carbonyl (C=O) groups excluding carboxylic acids is 2. The lowest BCUT2D eigenvalue weighted by Crippen LogP contribution is -2.17. The monoisotopic (exact) mass is 375 g/mol. The van der Waals surface area contributed by atoms with E-state index in [-0.39, 0.29) is 16.6 Å². The van der Waals surface area contributed by atoms with Crippen LogP contribution in [0.4, 0.5) is 5.69 Å². The molecule has 0 atom stereocenters. The minimum Gasteiger partial charge on any atom is -0.422 e. The third-order valence-electron chi connectivity index (χ3n) is 5.34. The van der Waals surface area contributed by atoms with Gasteiger partial charge in [0.05, 0.1) is 5.57 Å². The van der Waals surface area contributed by atoms with E-state index in [2.05, 4.69) is 52.9 Å². The molecule has 0 aromatic heterocycles. The van der Waals surface area contributed by atoms with Crippen LogP contribution in [0, 0.1) is 0 Å². The Hall–Kier alpha value is -2.88. The van der Waals surface area contributed by atoms with Crippen LogP contribution in [-0.4, -0.2) is 11.8 Å². The molecular formula is C24H25NO3. The second-order valence-corrected chi connectivity index (χ2v) is 9.54. The van der Waals surface area contributed by atoms with Crippen LogP contribution >= 0.6 is 0 Å². The fraction of sp³-hybridized carbons (Fsp3) is 0.333. The van der Waals surface area contributed by atoms with E-state index in [1.807, 2.05) is 24.3 Å². The van der Waals surface area contributed by atoms with Crippen LogP contribution in [0.1, 0.15) is 68.6 Å². The van der Waals surface area contributed by atoms with Gasteiger partial charge >= 0.3 is 5.97 Å². The molecule has 0 saturated heterocycles. The van der Waals surface area contributed by atoms with Crippen molar-refractivity contribution in [2.75, 3.05) is 5.32 Å². The van der Waals surface area contributed by atoms with Crippen LogP contribution in [-0.2, 0) is 15.6 Å². The van der Waals surface area contributed by atoms with Gasteiger partial charge in [-0.2, -0.15) is 0 Å². The molecule has 1 N–H and O–H groups in total. The van der Waals surface area contributed by atoms with Gasteiger partial charge in [0, 0.05) is 22.4 Å². The van der Waals surface area contributed by atoms with Gasteiger partial charge in [-0.3, -0.25) is 4.79 Å². The molecule has 0 unspecified atom stereocenters. The van der Waals surface area contributed by atoms with E-state index in [0.29, 0.717) is 28.1 Å². The number of rotatable bonds is 0. The largest absolute Gasteiger partial charge is 0.422 e. The minimum atomic E-state index is -0.477. The highest BCUT2D eigenvalue weighted by Crippen LogP contribution is 2.47. The predicted octanol–water partition coefficient (Wildman–Crippen LogP) is 5.22. The van der Waals surface area contributed by atoms with E-state index < -0.39 is 5.97 Å². The van der Waals surface area contributed by atoms with Gasteiger partial charge < -0.3 is 10.1 Å². The fourth-order valence-corrected chi connectivity index (χ4v) is 3.70. The first-order valence-electron chi connectivity index (χ1n) is 9.55. The van der Waals surface area contributed by atoms with E-state index in [1.165, 1.54) is 0 Å². The van der Waals surface area contributed by atoms with Gasteiger partial charge in [-0.05, 0) is 34.6 Å². The number of anilines is 1. The van der Waals surface area contributed by atoms with Gasteiger partial charge in [0.25, 0.3) is 0 Å². The van der Waals surface area contributed by atoms with Crippen LogP contribution in [0.25, 0.3) is 5.57 Å². The maximum atomic E-state index is 13.0. The van der Waals surface area contributed by atoms with Gasteiger partial charge in [-0.25, -0.2) is 4.79 Å². The van der Waals surface area contributed by atoms with Crippen LogP contribution in [0.3, 0.4) is 0 Å². The van der Waals surface area contributed by atoms with Crippen molar-refractivity contribution in [3.05, 3.63) is 64.3 Å². The zero-order valence-electron chi connectivity index (χ0n) is 17.2. The van der Waals surface area contributed by atoms with Crippen LogP contribution < -0.4 is 10.1 Å². The third-order valence-corrected chi connectivity index (χ3v) is 5.34. The van der Waals surface area contributed by atoms with Gasteiger partial charge in [-0.15, -0.1) is 0 Å². The highest BCUT2D eigenvalue weighted by molar-refractivity contribution is 6.33. The quantitative estimate of drug-likeness (QED) is 0.390. The molecule has 0 fully saturated rings. The lowest BCUT2D eigenvalue weighted by atomic mass is 9.78. The summed E-state index contributed by atoms with van der Waals surface area (Å²) >= 11 is 0. The van der Waals surface area contributed by atoms with E-state index in [1.54, 1.807) is 6.07 Å². The van der Waals surface area contributed by atoms with E-state index in [4.69, 9.17) is 4.74 Å². The molecule has 4 heteroatoms. The molecule has 2 aliphatic rings. The average molecular weight is 375 g/mol. The summed E-state index contributed by atoms with van der Waals surface area (Å²) in [5, 5.41) is 3.14. The Balaban J connectivity index is 1.99. The molecule has 2 heterocycles. The molecule has 0 bridgehead atoms. The zero-order valence-corrected chi connectivity index (χ0v) is 17.2. The van der Waals surface area contributed by atoms with E-state index >= 15 is 0 Å². The Morgan fingerprint density at radius 2 is 1.54 bits per heavy atom. The van der Waals surface area contributed by atoms with Crippen molar-refractivity contribution in [2.24, 2.45) is 0 Å². The number of allylic oxidation sites excluding steroid dienone is 1. The highest BCUT2D eigenvalue weighted by atomic mass is 16.5. The number of ketones is 1. The summed E-state index contributed by atoms with van der Waals surface area (Å²) < 4.78 is 5.72. The topological polar surface area (TPSA) is 55.4 Å². The molecule has 0 amide bonds. The van der Waals surface area contributed by atoms with Crippen LogP contribution in [0.5, 0.6) is 5.75 Å². The minimum absolute atomic E-state index is 0.105. The van der Waals surface area contributed by atoms with Crippen molar-refractivity contribution in [2.45, 2.75) is 52.4 Å². The molecule has 0 spiro atoms. The summed E-state index contributed by atoms with van der Waals surface area (Å²) in [7, 11) is 0. The first-order chi connectivity index (χ1) is 13.0. The predicted molar refractivity (Wildman–Crippen MR) is 111 cm³/mol.